The molecular formula is C11H13NO5. The van der Waals surface area contributed by atoms with Gasteiger partial charge in [-0.1, -0.05) is 12.1 Å². The second-order valence-electron chi connectivity index (χ2n) is 3.42. The molecule has 0 aromatic heterocycles. The fourth-order valence-electron chi connectivity index (χ4n) is 1.14. The number of nitrogens with one attached hydrogen (secondary N) is 1. The Bertz CT molecular complexity index is 401. The number of hydrogen-bond acceptors (Lipinski definition) is 4. The lowest BCUT2D eigenvalue weighted by molar-refractivity contribution is -0.146. The number of carboxylic acids is 1. The van der Waals surface area contributed by atoms with Gasteiger partial charge in [0.1, 0.15) is 0 Å². The highest BCUT2D eigenvalue weighted by molar-refractivity contribution is 5.94. The number of aliphatic hydroxyl groups is 2. The van der Waals surface area contributed by atoms with E-state index in [2.05, 4.69) is 5.32 Å². The molecule has 4 N–H and O–H groups in total. The first-order valence-electron chi connectivity index (χ1n) is 4.93. The normalized spacial score (nSPS) is 11.9. The van der Waals surface area contributed by atoms with Gasteiger partial charge in [-0.3, -0.25) is 4.79 Å². The van der Waals surface area contributed by atoms with Crippen molar-refractivity contribution in [2.75, 3.05) is 6.54 Å². The van der Waals surface area contributed by atoms with Gasteiger partial charge in [0.25, 0.3) is 5.91 Å². The first-order valence-corrected chi connectivity index (χ1v) is 4.93. The third-order valence-corrected chi connectivity index (χ3v) is 2.14. The highest BCUT2D eigenvalue weighted by atomic mass is 16.4. The van der Waals surface area contributed by atoms with Crippen LogP contribution in [0, 0.1) is 0 Å². The van der Waals surface area contributed by atoms with E-state index in [0.717, 1.165) is 0 Å². The lowest BCUT2D eigenvalue weighted by atomic mass is 10.1. The summed E-state index contributed by atoms with van der Waals surface area (Å²) in [5.41, 5.74) is 1.01. The molecule has 17 heavy (non-hydrogen) atoms. The number of carboxylic acid groups (broad SMARTS) is 1. The topological polar surface area (TPSA) is 107 Å². The van der Waals surface area contributed by atoms with Gasteiger partial charge in [0.05, 0.1) is 13.2 Å². The molecule has 0 spiro atoms. The van der Waals surface area contributed by atoms with Crippen LogP contribution in [-0.2, 0) is 11.4 Å². The van der Waals surface area contributed by atoms with E-state index in [0.29, 0.717) is 11.1 Å². The van der Waals surface area contributed by atoms with Crippen molar-refractivity contribution in [3.63, 3.8) is 0 Å². The SMILES string of the molecule is O=C(NCC(O)C(=O)O)c1ccc(CO)cc1. The second-order valence-corrected chi connectivity index (χ2v) is 3.42. The van der Waals surface area contributed by atoms with Crippen molar-refractivity contribution in [3.05, 3.63) is 35.4 Å². The molecule has 0 heterocycles. The van der Waals surface area contributed by atoms with Crippen LogP contribution in [0.2, 0.25) is 0 Å². The minimum atomic E-state index is -1.62. The number of carbonyl (C=O) groups excluding carboxylic acids is 1. The molecule has 6 heteroatoms. The molecule has 0 aliphatic heterocycles. The van der Waals surface area contributed by atoms with Crippen LogP contribution in [-0.4, -0.2) is 39.8 Å². The first kappa shape index (κ1) is 13.1. The van der Waals surface area contributed by atoms with Gasteiger partial charge in [-0.25, -0.2) is 4.79 Å². The molecule has 0 fully saturated rings. The molecule has 0 bridgehead atoms. The summed E-state index contributed by atoms with van der Waals surface area (Å²) in [5, 5.41) is 28.5. The molecule has 0 aliphatic rings. The molecule has 1 aromatic carbocycles. The monoisotopic (exact) mass is 239 g/mol. The fraction of sp³-hybridized carbons (Fsp3) is 0.273. The Morgan fingerprint density at radius 2 is 1.82 bits per heavy atom. The predicted molar refractivity (Wildman–Crippen MR) is 58.3 cm³/mol. The Balaban J connectivity index is 2.55. The van der Waals surface area contributed by atoms with Crippen molar-refractivity contribution in [1.29, 1.82) is 0 Å². The van der Waals surface area contributed by atoms with E-state index in [1.54, 1.807) is 12.1 Å². The molecule has 1 amide bonds. The van der Waals surface area contributed by atoms with Crippen molar-refractivity contribution in [2.45, 2.75) is 12.7 Å². The van der Waals surface area contributed by atoms with Gasteiger partial charge in [-0.05, 0) is 17.7 Å². The van der Waals surface area contributed by atoms with Crippen molar-refractivity contribution in [3.8, 4) is 0 Å². The van der Waals surface area contributed by atoms with Crippen LogP contribution in [0.25, 0.3) is 0 Å². The Morgan fingerprint density at radius 3 is 2.29 bits per heavy atom. The van der Waals surface area contributed by atoms with Crippen molar-refractivity contribution in [1.82, 2.24) is 5.32 Å². The molecule has 1 unspecified atom stereocenters. The highest BCUT2D eigenvalue weighted by Crippen LogP contribution is 2.04. The van der Waals surface area contributed by atoms with E-state index < -0.39 is 18.0 Å². The van der Waals surface area contributed by atoms with Crippen LogP contribution >= 0.6 is 0 Å². The molecule has 1 aromatic rings. The van der Waals surface area contributed by atoms with Gasteiger partial charge in [-0.15, -0.1) is 0 Å². The van der Waals surface area contributed by atoms with E-state index in [1.165, 1.54) is 12.1 Å². The van der Waals surface area contributed by atoms with Gasteiger partial charge in [0, 0.05) is 5.56 Å². The maximum absolute atomic E-state index is 11.5. The second kappa shape index (κ2) is 5.97. The summed E-state index contributed by atoms with van der Waals surface area (Å²) >= 11 is 0. The Morgan fingerprint density at radius 1 is 1.24 bits per heavy atom. The third-order valence-electron chi connectivity index (χ3n) is 2.14. The van der Waals surface area contributed by atoms with E-state index in [4.69, 9.17) is 15.3 Å². The Hall–Kier alpha value is -1.92. The zero-order chi connectivity index (χ0) is 12.8. The molecule has 0 saturated heterocycles. The maximum atomic E-state index is 11.5. The maximum Gasteiger partial charge on any atom is 0.334 e. The number of rotatable bonds is 5. The summed E-state index contributed by atoms with van der Waals surface area (Å²) < 4.78 is 0. The zero-order valence-electron chi connectivity index (χ0n) is 8.96. The van der Waals surface area contributed by atoms with E-state index >= 15 is 0 Å². The molecule has 0 saturated carbocycles. The zero-order valence-corrected chi connectivity index (χ0v) is 8.96. The van der Waals surface area contributed by atoms with Crippen molar-refractivity contribution >= 4 is 11.9 Å². The van der Waals surface area contributed by atoms with Crippen molar-refractivity contribution < 1.29 is 24.9 Å². The van der Waals surface area contributed by atoms with Crippen LogP contribution in [0.1, 0.15) is 15.9 Å². The molecule has 92 valence electrons. The van der Waals surface area contributed by atoms with E-state index in [-0.39, 0.29) is 13.2 Å². The summed E-state index contributed by atoms with van der Waals surface area (Å²) in [4.78, 5) is 21.8. The summed E-state index contributed by atoms with van der Waals surface area (Å²) in [5.74, 6) is -1.87. The highest BCUT2D eigenvalue weighted by Gasteiger charge is 2.14. The summed E-state index contributed by atoms with van der Waals surface area (Å²) in [7, 11) is 0. The van der Waals surface area contributed by atoms with Gasteiger partial charge in [-0.2, -0.15) is 0 Å². The largest absolute Gasteiger partial charge is 0.479 e. The lowest BCUT2D eigenvalue weighted by Crippen LogP contribution is -2.36. The lowest BCUT2D eigenvalue weighted by Gasteiger charge is -2.08. The van der Waals surface area contributed by atoms with Crippen LogP contribution in [0.15, 0.2) is 24.3 Å². The molecular weight excluding hydrogens is 226 g/mol. The van der Waals surface area contributed by atoms with Crippen LogP contribution in [0.3, 0.4) is 0 Å². The number of carbonyl (C=O) groups is 2. The Labute approximate surface area is 97.5 Å². The van der Waals surface area contributed by atoms with Gasteiger partial charge in [0.15, 0.2) is 6.10 Å². The fourth-order valence-corrected chi connectivity index (χ4v) is 1.14. The number of benzene rings is 1. The predicted octanol–water partition coefficient (Wildman–Crippen LogP) is -0.646. The van der Waals surface area contributed by atoms with Gasteiger partial charge >= 0.3 is 5.97 Å². The van der Waals surface area contributed by atoms with Crippen LogP contribution in [0.4, 0.5) is 0 Å². The standard InChI is InChI=1S/C11H13NO5/c13-6-7-1-3-8(4-2-7)10(15)12-5-9(14)11(16)17/h1-4,9,13-14H,5-6H2,(H,12,15)(H,16,17). The molecule has 0 radical (unpaired) electrons. The first-order chi connectivity index (χ1) is 8.04. The van der Waals surface area contributed by atoms with Gasteiger partial charge < -0.3 is 20.6 Å². The van der Waals surface area contributed by atoms with Crippen molar-refractivity contribution in [2.24, 2.45) is 0 Å². The van der Waals surface area contributed by atoms with Crippen LogP contribution < -0.4 is 5.32 Å². The third kappa shape index (κ3) is 3.86. The van der Waals surface area contributed by atoms with Gasteiger partial charge in [0.2, 0.25) is 0 Å². The molecule has 0 aliphatic carbocycles. The molecule has 1 rings (SSSR count). The quantitative estimate of drug-likeness (QED) is 0.546. The molecule has 6 nitrogen and oxygen atoms in total. The number of hydrogen-bond donors (Lipinski definition) is 4. The van der Waals surface area contributed by atoms with E-state index in [1.807, 2.05) is 0 Å². The minimum absolute atomic E-state index is 0.111. The summed E-state index contributed by atoms with van der Waals surface area (Å²) in [6.07, 6.45) is -1.62. The number of aliphatic hydroxyl groups excluding tert-OH is 2. The number of amides is 1. The minimum Gasteiger partial charge on any atom is -0.479 e. The smallest absolute Gasteiger partial charge is 0.334 e. The summed E-state index contributed by atoms with van der Waals surface area (Å²) in [6.45, 7) is -0.463. The average Bonchev–Trinajstić information content (AvgIpc) is 2.35. The molecule has 1 atom stereocenters. The Kier molecular flexibility index (Phi) is 4.62. The number of aliphatic carboxylic acids is 1. The summed E-state index contributed by atoms with van der Waals surface area (Å²) in [6, 6.07) is 6.19. The van der Waals surface area contributed by atoms with Crippen LogP contribution in [0.5, 0.6) is 0 Å². The van der Waals surface area contributed by atoms with E-state index in [9.17, 15) is 9.59 Å². The average molecular weight is 239 g/mol.